The summed E-state index contributed by atoms with van der Waals surface area (Å²) in [7, 11) is 0. The van der Waals surface area contributed by atoms with E-state index in [4.69, 9.17) is 15.3 Å². The van der Waals surface area contributed by atoms with Crippen molar-refractivity contribution in [2.24, 2.45) is 10.6 Å². The highest BCUT2D eigenvalue weighted by Crippen LogP contribution is 2.40. The lowest BCUT2D eigenvalue weighted by Gasteiger charge is -2.49. The standard InChI is InChI=1S/C20H23N5O7S2/c1-5-9-6-33-16-12(15(27)25(16)13(9)17(28)29)23-14(26)11(10-7-34-19(21)22-10)24-32-8-31-18(30)20(2,3)4/h5,7,12,16H,1,6,8H2,2-4H3,(H2,21,22)(H,23,26)(H,28,29)/b24-11+. The number of esters is 1. The van der Waals surface area contributed by atoms with Gasteiger partial charge >= 0.3 is 11.9 Å². The van der Waals surface area contributed by atoms with E-state index in [1.165, 1.54) is 23.2 Å². The van der Waals surface area contributed by atoms with Crippen LogP contribution >= 0.6 is 23.1 Å². The number of amides is 2. The summed E-state index contributed by atoms with van der Waals surface area (Å²) in [6.45, 7) is 8.05. The monoisotopic (exact) mass is 509 g/mol. The number of nitrogens with two attached hydrogens (primary N) is 1. The van der Waals surface area contributed by atoms with Crippen molar-refractivity contribution in [3.05, 3.63) is 35.0 Å². The van der Waals surface area contributed by atoms with Crippen molar-refractivity contribution >= 4 is 57.7 Å². The lowest BCUT2D eigenvalue weighted by atomic mass is 9.98. The highest BCUT2D eigenvalue weighted by atomic mass is 32.2. The molecule has 2 amide bonds. The summed E-state index contributed by atoms with van der Waals surface area (Å²) in [5, 5.41) is 16.8. The number of nitrogens with one attached hydrogen (secondary N) is 1. The van der Waals surface area contributed by atoms with E-state index in [9.17, 15) is 24.3 Å². The zero-order chi connectivity index (χ0) is 25.2. The first-order valence-corrected chi connectivity index (χ1v) is 11.8. The fourth-order valence-electron chi connectivity index (χ4n) is 3.00. The predicted molar refractivity (Wildman–Crippen MR) is 124 cm³/mol. The van der Waals surface area contributed by atoms with Crippen molar-refractivity contribution < 1.29 is 33.9 Å². The topological polar surface area (TPSA) is 174 Å². The van der Waals surface area contributed by atoms with Gasteiger partial charge in [-0.15, -0.1) is 23.1 Å². The number of carboxylic acid groups (broad SMARTS) is 1. The molecule has 1 aromatic rings. The molecule has 4 N–H and O–H groups in total. The van der Waals surface area contributed by atoms with Crippen molar-refractivity contribution in [2.45, 2.75) is 32.2 Å². The fraction of sp³-hybridized carbons (Fsp3) is 0.400. The van der Waals surface area contributed by atoms with Crippen molar-refractivity contribution in [3.8, 4) is 0 Å². The summed E-state index contributed by atoms with van der Waals surface area (Å²) < 4.78 is 4.96. The number of fused-ring (bicyclic) bond motifs is 1. The molecule has 0 spiro atoms. The van der Waals surface area contributed by atoms with E-state index in [2.05, 4.69) is 22.0 Å². The van der Waals surface area contributed by atoms with E-state index in [1.54, 1.807) is 20.8 Å². The van der Waals surface area contributed by atoms with E-state index in [1.807, 2.05) is 0 Å². The second kappa shape index (κ2) is 9.85. The summed E-state index contributed by atoms with van der Waals surface area (Å²) >= 11 is 2.36. The predicted octanol–water partition coefficient (Wildman–Crippen LogP) is 0.917. The number of β-lactam (4-membered cyclic amide) rings is 1. The number of nitrogens with zero attached hydrogens (tertiary/aromatic N) is 3. The molecule has 1 aromatic heterocycles. The van der Waals surface area contributed by atoms with Gasteiger partial charge < -0.3 is 25.7 Å². The minimum absolute atomic E-state index is 0.0992. The van der Waals surface area contributed by atoms with Crippen molar-refractivity contribution in [1.29, 1.82) is 0 Å². The lowest BCUT2D eigenvalue weighted by Crippen LogP contribution is -2.71. The number of nitrogen functional groups attached to an aromatic ring is 1. The van der Waals surface area contributed by atoms with Gasteiger partial charge in [0.1, 0.15) is 22.8 Å². The maximum Gasteiger partial charge on any atom is 0.352 e. The van der Waals surface area contributed by atoms with Crippen LogP contribution in [0, 0.1) is 5.41 Å². The Bertz CT molecular complexity index is 1110. The molecule has 34 heavy (non-hydrogen) atoms. The van der Waals surface area contributed by atoms with Gasteiger partial charge in [0.15, 0.2) is 10.8 Å². The number of thioether (sulfide) groups is 1. The van der Waals surface area contributed by atoms with Gasteiger partial charge in [0, 0.05) is 11.1 Å². The van der Waals surface area contributed by atoms with Gasteiger partial charge in [0.25, 0.3) is 18.6 Å². The van der Waals surface area contributed by atoms with Gasteiger partial charge in [-0.05, 0) is 26.3 Å². The molecule has 0 radical (unpaired) electrons. The fourth-order valence-corrected chi connectivity index (χ4v) is 4.89. The molecule has 1 fully saturated rings. The zero-order valence-corrected chi connectivity index (χ0v) is 20.2. The van der Waals surface area contributed by atoms with Crippen LogP contribution < -0.4 is 11.1 Å². The number of carbonyl (C=O) groups is 4. The van der Waals surface area contributed by atoms with Crippen LogP contribution in [0.25, 0.3) is 0 Å². The van der Waals surface area contributed by atoms with Crippen molar-refractivity contribution in [3.63, 3.8) is 0 Å². The number of aliphatic carboxylic acids is 1. The Balaban J connectivity index is 1.74. The number of carboxylic acids is 1. The van der Waals surface area contributed by atoms with Crippen LogP contribution in [0.4, 0.5) is 5.13 Å². The first-order valence-electron chi connectivity index (χ1n) is 9.88. The number of anilines is 1. The first kappa shape index (κ1) is 25.2. The van der Waals surface area contributed by atoms with Crippen LogP contribution in [0.15, 0.2) is 34.5 Å². The van der Waals surface area contributed by atoms with E-state index in [0.717, 1.165) is 16.2 Å². The third-order valence-corrected chi connectivity index (χ3v) is 6.70. The minimum atomic E-state index is -1.25. The maximum atomic E-state index is 13.0. The van der Waals surface area contributed by atoms with E-state index < -0.39 is 47.4 Å². The Hall–Kier alpha value is -3.39. The van der Waals surface area contributed by atoms with Gasteiger partial charge in [-0.3, -0.25) is 19.3 Å². The third kappa shape index (κ3) is 5.07. The maximum absolute atomic E-state index is 13.0. The van der Waals surface area contributed by atoms with E-state index >= 15 is 0 Å². The number of ether oxygens (including phenoxy) is 1. The number of aromatic nitrogens is 1. The van der Waals surface area contributed by atoms with Crippen LogP contribution in [-0.4, -0.2) is 68.4 Å². The number of hydrogen-bond donors (Lipinski definition) is 3. The Morgan fingerprint density at radius 3 is 2.71 bits per heavy atom. The van der Waals surface area contributed by atoms with Gasteiger partial charge in [-0.2, -0.15) is 0 Å². The molecule has 2 aliphatic heterocycles. The molecule has 0 aromatic carbocycles. The highest BCUT2D eigenvalue weighted by Gasteiger charge is 2.54. The van der Waals surface area contributed by atoms with Crippen LogP contribution in [0.2, 0.25) is 0 Å². The second-order valence-electron chi connectivity index (χ2n) is 8.18. The van der Waals surface area contributed by atoms with Crippen LogP contribution in [0.3, 0.4) is 0 Å². The second-order valence-corrected chi connectivity index (χ2v) is 10.2. The molecule has 2 unspecified atom stereocenters. The molecule has 1 saturated heterocycles. The van der Waals surface area contributed by atoms with Crippen molar-refractivity contribution in [1.82, 2.24) is 15.2 Å². The molecular weight excluding hydrogens is 486 g/mol. The smallest absolute Gasteiger partial charge is 0.352 e. The Morgan fingerprint density at radius 1 is 1.44 bits per heavy atom. The third-order valence-electron chi connectivity index (χ3n) is 4.72. The lowest BCUT2D eigenvalue weighted by molar-refractivity contribution is -0.165. The van der Waals surface area contributed by atoms with Crippen molar-refractivity contribution in [2.75, 3.05) is 18.3 Å². The molecule has 3 rings (SSSR count). The summed E-state index contributed by atoms with van der Waals surface area (Å²) in [5.74, 6) is -2.84. The van der Waals surface area contributed by atoms with Gasteiger partial charge in [-0.25, -0.2) is 9.78 Å². The Morgan fingerprint density at radius 2 is 2.15 bits per heavy atom. The summed E-state index contributed by atoms with van der Waals surface area (Å²) in [6, 6.07) is -0.988. The Kier molecular flexibility index (Phi) is 7.31. The van der Waals surface area contributed by atoms with Crippen LogP contribution in [-0.2, 0) is 28.8 Å². The van der Waals surface area contributed by atoms with E-state index in [-0.39, 0.29) is 22.2 Å². The number of thiazole rings is 1. The summed E-state index contributed by atoms with van der Waals surface area (Å²) in [6.07, 6.45) is 1.40. The Labute approximate surface area is 202 Å². The first-order chi connectivity index (χ1) is 16.0. The quantitative estimate of drug-likeness (QED) is 0.114. The molecular formula is C20H23N5O7S2. The minimum Gasteiger partial charge on any atom is -0.477 e. The molecule has 2 atom stereocenters. The van der Waals surface area contributed by atoms with Gasteiger partial charge in [0.05, 0.1) is 5.41 Å². The number of rotatable bonds is 8. The SMILES string of the molecule is C=CC1=C(C(=O)O)N2C(=O)C(NC(=O)/C(=N/OCOC(=O)C(C)(C)C)c3csc(N)n3)C2SC1. The molecule has 3 heterocycles. The van der Waals surface area contributed by atoms with Gasteiger partial charge in [0.2, 0.25) is 0 Å². The average molecular weight is 510 g/mol. The summed E-state index contributed by atoms with van der Waals surface area (Å²) in [4.78, 5) is 59.3. The average Bonchev–Trinajstić information content (AvgIpc) is 3.20. The van der Waals surface area contributed by atoms with E-state index in [0.29, 0.717) is 11.3 Å². The molecule has 182 valence electrons. The molecule has 2 aliphatic rings. The van der Waals surface area contributed by atoms with Gasteiger partial charge in [-0.1, -0.05) is 17.8 Å². The molecule has 0 saturated carbocycles. The number of carbonyl (C=O) groups excluding carboxylic acids is 3. The molecule has 14 heteroatoms. The molecule has 12 nitrogen and oxygen atoms in total. The largest absolute Gasteiger partial charge is 0.477 e. The number of oxime groups is 1. The van der Waals surface area contributed by atoms with Crippen LogP contribution in [0.5, 0.6) is 0 Å². The number of hydrogen-bond acceptors (Lipinski definition) is 11. The molecule has 0 aliphatic carbocycles. The highest BCUT2D eigenvalue weighted by molar-refractivity contribution is 8.00. The summed E-state index contributed by atoms with van der Waals surface area (Å²) in [5.41, 5.74) is 4.99. The molecule has 0 bridgehead atoms. The normalized spacial score (nSPS) is 20.3. The van der Waals surface area contributed by atoms with Crippen LogP contribution in [0.1, 0.15) is 26.5 Å². The number of allylic oxidation sites excluding steroid dienone is 1. The zero-order valence-electron chi connectivity index (χ0n) is 18.6.